The lowest BCUT2D eigenvalue weighted by molar-refractivity contribution is -0.384. The fourth-order valence-electron chi connectivity index (χ4n) is 4.50. The molecule has 1 aliphatic heterocycles. The van der Waals surface area contributed by atoms with Crippen molar-refractivity contribution in [1.82, 2.24) is 10.2 Å². The number of rotatable bonds is 9. The minimum Gasteiger partial charge on any atom is -0.496 e. The molecule has 1 heterocycles. The maximum atomic E-state index is 13.5. The molecule has 0 radical (unpaired) electrons. The minimum atomic E-state index is -1.22. The van der Waals surface area contributed by atoms with E-state index in [1.54, 1.807) is 0 Å². The van der Waals surface area contributed by atoms with Crippen molar-refractivity contribution < 1.29 is 28.8 Å². The number of carbonyl (C=O) groups is 3. The van der Waals surface area contributed by atoms with Gasteiger partial charge in [0, 0.05) is 30.5 Å². The fraction of sp³-hybridized carbons (Fsp3) is 0.250. The molecule has 39 heavy (non-hydrogen) atoms. The Bertz CT molecular complexity index is 1380. The Hall–Kier alpha value is -4.93. The number of methoxy groups -OCH3 is 1. The molecule has 3 amide bonds. The van der Waals surface area contributed by atoms with Gasteiger partial charge in [-0.3, -0.25) is 24.6 Å². The maximum Gasteiger partial charge on any atom is 0.411 e. The molecule has 11 nitrogen and oxygen atoms in total. The first kappa shape index (κ1) is 27.1. The van der Waals surface area contributed by atoms with Crippen LogP contribution in [0.15, 0.2) is 72.8 Å². The molecule has 0 aromatic heterocycles. The van der Waals surface area contributed by atoms with E-state index in [4.69, 9.17) is 15.2 Å². The Kier molecular flexibility index (Phi) is 8.40. The highest BCUT2D eigenvalue weighted by Gasteiger charge is 2.37. The van der Waals surface area contributed by atoms with Gasteiger partial charge in [-0.05, 0) is 22.8 Å². The van der Waals surface area contributed by atoms with Crippen LogP contribution in [-0.2, 0) is 40.3 Å². The lowest BCUT2D eigenvalue weighted by Gasteiger charge is -2.35. The van der Waals surface area contributed by atoms with E-state index in [1.165, 1.54) is 30.2 Å². The Labute approximate surface area is 224 Å². The van der Waals surface area contributed by atoms with Crippen LogP contribution in [-0.4, -0.2) is 46.9 Å². The van der Waals surface area contributed by atoms with Crippen molar-refractivity contribution in [3.8, 4) is 5.75 Å². The van der Waals surface area contributed by atoms with E-state index in [0.717, 1.165) is 16.7 Å². The number of non-ortho nitro benzene ring substituents is 1. The van der Waals surface area contributed by atoms with Crippen LogP contribution in [0.4, 0.5) is 10.5 Å². The van der Waals surface area contributed by atoms with E-state index in [2.05, 4.69) is 5.32 Å². The van der Waals surface area contributed by atoms with Crippen molar-refractivity contribution in [2.45, 2.75) is 38.1 Å². The highest BCUT2D eigenvalue weighted by Crippen LogP contribution is 2.27. The molecular weight excluding hydrogens is 504 g/mol. The normalized spacial score (nSPS) is 15.0. The molecule has 0 saturated carbocycles. The van der Waals surface area contributed by atoms with Crippen LogP contribution < -0.4 is 15.8 Å². The molecule has 0 spiro atoms. The first-order chi connectivity index (χ1) is 18.8. The summed E-state index contributed by atoms with van der Waals surface area (Å²) < 4.78 is 10.8. The Morgan fingerprint density at radius 1 is 1.08 bits per heavy atom. The third-order valence-corrected chi connectivity index (χ3v) is 6.55. The van der Waals surface area contributed by atoms with Gasteiger partial charge in [0.05, 0.1) is 18.6 Å². The molecule has 11 heteroatoms. The van der Waals surface area contributed by atoms with E-state index in [9.17, 15) is 24.5 Å². The number of fused-ring (bicyclic) bond motifs is 1. The van der Waals surface area contributed by atoms with Crippen molar-refractivity contribution in [1.29, 1.82) is 0 Å². The van der Waals surface area contributed by atoms with Crippen molar-refractivity contribution in [3.63, 3.8) is 0 Å². The van der Waals surface area contributed by atoms with Gasteiger partial charge >= 0.3 is 6.09 Å². The highest BCUT2D eigenvalue weighted by molar-refractivity contribution is 5.91. The first-order valence-electron chi connectivity index (χ1n) is 12.2. The molecule has 0 unspecified atom stereocenters. The zero-order valence-corrected chi connectivity index (χ0v) is 21.2. The minimum absolute atomic E-state index is 0.0304. The molecule has 0 bridgehead atoms. The number of nitrogens with zero attached hydrogens (tertiary/aromatic N) is 2. The zero-order valence-electron chi connectivity index (χ0n) is 21.2. The van der Waals surface area contributed by atoms with Crippen LogP contribution in [0.1, 0.15) is 22.3 Å². The van der Waals surface area contributed by atoms with Crippen molar-refractivity contribution in [3.05, 3.63) is 105 Å². The third kappa shape index (κ3) is 6.50. The monoisotopic (exact) mass is 532 g/mol. The summed E-state index contributed by atoms with van der Waals surface area (Å²) in [5.74, 6) is -1.14. The number of carbonyl (C=O) groups excluding carboxylic acids is 3. The molecule has 4 rings (SSSR count). The van der Waals surface area contributed by atoms with Gasteiger partial charge in [0.25, 0.3) is 5.69 Å². The molecule has 202 valence electrons. The topological polar surface area (TPSA) is 154 Å². The average Bonchev–Trinajstić information content (AvgIpc) is 2.95. The molecule has 3 aromatic carbocycles. The van der Waals surface area contributed by atoms with Crippen LogP contribution in [0, 0.1) is 10.1 Å². The number of nitro groups is 1. The SMILES string of the molecule is COc1ccc([N+](=O)[O-])cc1C[C@@H](NC(=O)[C@@H]1Cc2ccccc2CN1C(=O)OCc1ccccc1)C(N)=O. The van der Waals surface area contributed by atoms with E-state index in [1.807, 2.05) is 54.6 Å². The average molecular weight is 533 g/mol. The summed E-state index contributed by atoms with van der Waals surface area (Å²) in [6.07, 6.45) is -0.619. The highest BCUT2D eigenvalue weighted by atomic mass is 16.6. The predicted molar refractivity (Wildman–Crippen MR) is 141 cm³/mol. The van der Waals surface area contributed by atoms with Gasteiger partial charge in [-0.15, -0.1) is 0 Å². The molecule has 2 atom stereocenters. The van der Waals surface area contributed by atoms with Crippen LogP contribution in [0.3, 0.4) is 0 Å². The number of hydrogen-bond donors (Lipinski definition) is 2. The number of hydrogen-bond acceptors (Lipinski definition) is 7. The van der Waals surface area contributed by atoms with Gasteiger partial charge in [0.2, 0.25) is 11.8 Å². The predicted octanol–water partition coefficient (Wildman–Crippen LogP) is 2.88. The van der Waals surface area contributed by atoms with Gasteiger partial charge in [0.15, 0.2) is 0 Å². The van der Waals surface area contributed by atoms with Crippen LogP contribution in [0.5, 0.6) is 5.75 Å². The smallest absolute Gasteiger partial charge is 0.411 e. The molecule has 0 saturated heterocycles. The van der Waals surface area contributed by atoms with Gasteiger partial charge in [-0.2, -0.15) is 0 Å². The molecule has 0 aliphatic carbocycles. The third-order valence-electron chi connectivity index (χ3n) is 6.55. The van der Waals surface area contributed by atoms with Crippen LogP contribution in [0.25, 0.3) is 0 Å². The second-order valence-electron chi connectivity index (χ2n) is 9.08. The van der Waals surface area contributed by atoms with Crippen molar-refractivity contribution in [2.24, 2.45) is 5.73 Å². The fourth-order valence-corrected chi connectivity index (χ4v) is 4.50. The van der Waals surface area contributed by atoms with Gasteiger partial charge < -0.3 is 20.5 Å². The largest absolute Gasteiger partial charge is 0.496 e. The van der Waals surface area contributed by atoms with E-state index >= 15 is 0 Å². The number of nitrogens with one attached hydrogen (secondary N) is 1. The Morgan fingerprint density at radius 3 is 2.44 bits per heavy atom. The van der Waals surface area contributed by atoms with E-state index < -0.39 is 34.9 Å². The maximum absolute atomic E-state index is 13.5. The number of ether oxygens (including phenoxy) is 2. The summed E-state index contributed by atoms with van der Waals surface area (Å²) in [5.41, 5.74) is 8.29. The van der Waals surface area contributed by atoms with Gasteiger partial charge in [-0.1, -0.05) is 54.6 Å². The van der Waals surface area contributed by atoms with Gasteiger partial charge in [0.1, 0.15) is 24.4 Å². The van der Waals surface area contributed by atoms with E-state index in [-0.39, 0.29) is 31.7 Å². The molecule has 3 aromatic rings. The quantitative estimate of drug-likeness (QED) is 0.317. The standard InChI is InChI=1S/C28H28N4O7/c1-38-25-12-11-22(32(36)37)13-21(25)14-23(26(29)33)30-27(34)24-15-19-9-5-6-10-20(19)16-31(24)28(35)39-17-18-7-3-2-4-8-18/h2-13,23-24H,14-17H2,1H3,(H2,29,33)(H,30,34)/t23-,24+/m1/s1. The first-order valence-corrected chi connectivity index (χ1v) is 12.2. The number of benzene rings is 3. The number of primary amides is 1. The second-order valence-corrected chi connectivity index (χ2v) is 9.08. The summed E-state index contributed by atoms with van der Waals surface area (Å²) in [5, 5.41) is 13.9. The zero-order chi connectivity index (χ0) is 27.9. The Morgan fingerprint density at radius 2 is 1.77 bits per heavy atom. The lowest BCUT2D eigenvalue weighted by Crippen LogP contribution is -2.56. The number of nitrogens with two attached hydrogens (primary N) is 1. The van der Waals surface area contributed by atoms with Crippen LogP contribution >= 0.6 is 0 Å². The van der Waals surface area contributed by atoms with Crippen LogP contribution in [0.2, 0.25) is 0 Å². The van der Waals surface area contributed by atoms with Crippen molar-refractivity contribution >= 4 is 23.6 Å². The summed E-state index contributed by atoms with van der Waals surface area (Å²) in [4.78, 5) is 51.0. The number of nitro benzene ring substituents is 1. The summed E-state index contributed by atoms with van der Waals surface area (Å²) in [7, 11) is 1.39. The number of amides is 3. The second kappa shape index (κ2) is 12.1. The Balaban J connectivity index is 1.55. The summed E-state index contributed by atoms with van der Waals surface area (Å²) >= 11 is 0. The molecule has 3 N–H and O–H groups in total. The van der Waals surface area contributed by atoms with Gasteiger partial charge in [-0.25, -0.2) is 4.79 Å². The molecular formula is C28H28N4O7. The van der Waals surface area contributed by atoms with Crippen molar-refractivity contribution in [2.75, 3.05) is 7.11 Å². The summed E-state index contributed by atoms with van der Waals surface area (Å²) in [6.45, 7) is 0.171. The molecule has 1 aliphatic rings. The van der Waals surface area contributed by atoms with E-state index in [0.29, 0.717) is 11.3 Å². The lowest BCUT2D eigenvalue weighted by atomic mass is 9.93. The summed E-state index contributed by atoms with van der Waals surface area (Å²) in [6, 6.07) is 18.4. The molecule has 0 fully saturated rings.